The summed E-state index contributed by atoms with van der Waals surface area (Å²) in [5.41, 5.74) is 0.156. The number of rotatable bonds is 4. The van der Waals surface area contributed by atoms with Crippen LogP contribution >= 0.6 is 0 Å². The molecule has 1 heterocycles. The van der Waals surface area contributed by atoms with E-state index in [1.165, 1.54) is 0 Å². The van der Waals surface area contributed by atoms with Crippen LogP contribution in [-0.2, 0) is 9.53 Å². The van der Waals surface area contributed by atoms with Crippen LogP contribution in [0.2, 0.25) is 0 Å². The quantitative estimate of drug-likeness (QED) is 0.775. The molecule has 16 heavy (non-hydrogen) atoms. The van der Waals surface area contributed by atoms with Crippen molar-refractivity contribution in [1.82, 2.24) is 4.90 Å². The average Bonchev–Trinajstić information content (AvgIpc) is 2.25. The van der Waals surface area contributed by atoms with E-state index in [4.69, 9.17) is 9.84 Å². The number of hydrogen-bond acceptors (Lipinski definition) is 4. The molecule has 1 aliphatic rings. The molecule has 1 rings (SSSR count). The Morgan fingerprint density at radius 3 is 2.75 bits per heavy atom. The molecule has 1 unspecified atom stereocenters. The number of carbonyl (C=O) groups is 1. The minimum absolute atomic E-state index is 0.100. The molecule has 0 spiro atoms. The highest BCUT2D eigenvalue weighted by atomic mass is 16.5. The Balaban J connectivity index is 2.36. The van der Waals surface area contributed by atoms with Crippen molar-refractivity contribution in [3.63, 3.8) is 0 Å². The fourth-order valence-electron chi connectivity index (χ4n) is 1.90. The summed E-state index contributed by atoms with van der Waals surface area (Å²) in [7, 11) is 0. The van der Waals surface area contributed by atoms with E-state index in [2.05, 4.69) is 25.7 Å². The molecule has 0 aromatic carbocycles. The van der Waals surface area contributed by atoms with Crippen molar-refractivity contribution in [1.29, 1.82) is 0 Å². The van der Waals surface area contributed by atoms with E-state index in [0.29, 0.717) is 12.8 Å². The van der Waals surface area contributed by atoms with Crippen LogP contribution in [0.25, 0.3) is 0 Å². The second-order valence-corrected chi connectivity index (χ2v) is 5.35. The molecular formula is C12H23NO3. The molecule has 0 saturated carbocycles. The number of aliphatic hydroxyl groups is 1. The molecule has 0 aromatic heterocycles. The Hall–Kier alpha value is -0.450. The molecule has 4 heteroatoms. The summed E-state index contributed by atoms with van der Waals surface area (Å²) in [6.45, 7) is 8.78. The number of aliphatic hydroxyl groups excluding tert-OH is 1. The van der Waals surface area contributed by atoms with Crippen molar-refractivity contribution in [2.45, 2.75) is 45.3 Å². The zero-order chi connectivity index (χ0) is 12.2. The standard InChI is InChI=1S/C12H23NO3/c1-12(2,3)13-6-7-16-11(8-13)5-4-10(15)9-14/h11,14H,4-9H2,1-3H3. The molecule has 1 aliphatic heterocycles. The van der Waals surface area contributed by atoms with Gasteiger partial charge in [0.1, 0.15) is 6.61 Å². The van der Waals surface area contributed by atoms with E-state index in [9.17, 15) is 4.79 Å². The summed E-state index contributed by atoms with van der Waals surface area (Å²) in [6, 6.07) is 0. The van der Waals surface area contributed by atoms with E-state index in [0.717, 1.165) is 19.7 Å². The van der Waals surface area contributed by atoms with Gasteiger partial charge in [0.2, 0.25) is 0 Å². The molecule has 0 amide bonds. The van der Waals surface area contributed by atoms with E-state index < -0.39 is 0 Å². The number of morpholine rings is 1. The molecule has 1 N–H and O–H groups in total. The first-order valence-electron chi connectivity index (χ1n) is 5.92. The van der Waals surface area contributed by atoms with E-state index in [1.807, 2.05) is 0 Å². The average molecular weight is 229 g/mol. The lowest BCUT2D eigenvalue weighted by atomic mass is 10.0. The summed E-state index contributed by atoms with van der Waals surface area (Å²) >= 11 is 0. The number of hydrogen-bond donors (Lipinski definition) is 1. The van der Waals surface area contributed by atoms with Gasteiger partial charge in [-0.3, -0.25) is 9.69 Å². The van der Waals surface area contributed by atoms with Gasteiger partial charge in [0.25, 0.3) is 0 Å². The van der Waals surface area contributed by atoms with Crippen LogP contribution in [0, 0.1) is 0 Å². The summed E-state index contributed by atoms with van der Waals surface area (Å²) < 4.78 is 5.62. The lowest BCUT2D eigenvalue weighted by Crippen LogP contribution is -2.51. The van der Waals surface area contributed by atoms with Gasteiger partial charge in [0.15, 0.2) is 5.78 Å². The van der Waals surface area contributed by atoms with Crippen LogP contribution in [0.1, 0.15) is 33.6 Å². The third kappa shape index (κ3) is 4.20. The molecule has 4 nitrogen and oxygen atoms in total. The van der Waals surface area contributed by atoms with Crippen LogP contribution in [0.3, 0.4) is 0 Å². The lowest BCUT2D eigenvalue weighted by Gasteiger charge is -2.41. The maximum Gasteiger partial charge on any atom is 0.158 e. The third-order valence-corrected chi connectivity index (χ3v) is 3.01. The molecular weight excluding hydrogens is 206 g/mol. The number of ether oxygens (including phenoxy) is 1. The van der Waals surface area contributed by atoms with Crippen molar-refractivity contribution < 1.29 is 14.6 Å². The molecule has 1 atom stereocenters. The highest BCUT2D eigenvalue weighted by Gasteiger charge is 2.28. The summed E-state index contributed by atoms with van der Waals surface area (Å²) in [6.07, 6.45) is 1.26. The molecule has 0 bridgehead atoms. The zero-order valence-electron chi connectivity index (χ0n) is 10.5. The molecule has 0 aliphatic carbocycles. The third-order valence-electron chi connectivity index (χ3n) is 3.01. The smallest absolute Gasteiger partial charge is 0.158 e. The van der Waals surface area contributed by atoms with Crippen LogP contribution in [0.5, 0.6) is 0 Å². The number of nitrogens with zero attached hydrogens (tertiary/aromatic N) is 1. The molecule has 94 valence electrons. The van der Waals surface area contributed by atoms with Gasteiger partial charge in [0, 0.05) is 25.0 Å². The minimum Gasteiger partial charge on any atom is -0.389 e. The first-order chi connectivity index (χ1) is 7.43. The molecule has 1 saturated heterocycles. The summed E-state index contributed by atoms with van der Waals surface area (Å²) in [5.74, 6) is -0.100. The minimum atomic E-state index is -0.351. The van der Waals surface area contributed by atoms with Crippen LogP contribution in [0.4, 0.5) is 0 Å². The van der Waals surface area contributed by atoms with Crippen LogP contribution < -0.4 is 0 Å². The largest absolute Gasteiger partial charge is 0.389 e. The van der Waals surface area contributed by atoms with Gasteiger partial charge in [-0.25, -0.2) is 0 Å². The lowest BCUT2D eigenvalue weighted by molar-refractivity contribution is -0.123. The maximum absolute atomic E-state index is 11.0. The Bertz CT molecular complexity index is 235. The second kappa shape index (κ2) is 5.75. The first-order valence-corrected chi connectivity index (χ1v) is 5.92. The SMILES string of the molecule is CC(C)(C)N1CCOC(CCC(=O)CO)C1. The molecule has 0 aromatic rings. The highest BCUT2D eigenvalue weighted by Crippen LogP contribution is 2.19. The summed E-state index contributed by atoms with van der Waals surface area (Å²) in [5, 5.41) is 8.64. The number of ketones is 1. The monoisotopic (exact) mass is 229 g/mol. The van der Waals surface area contributed by atoms with Gasteiger partial charge in [-0.05, 0) is 27.2 Å². The van der Waals surface area contributed by atoms with E-state index >= 15 is 0 Å². The van der Waals surface area contributed by atoms with Crippen molar-refractivity contribution >= 4 is 5.78 Å². The summed E-state index contributed by atoms with van der Waals surface area (Å²) in [4.78, 5) is 13.4. The Morgan fingerprint density at radius 2 is 2.19 bits per heavy atom. The number of Topliss-reactive ketones (excluding diaryl/α,β-unsaturated/α-hetero) is 1. The first kappa shape index (κ1) is 13.6. The fourth-order valence-corrected chi connectivity index (χ4v) is 1.90. The maximum atomic E-state index is 11.0. The zero-order valence-corrected chi connectivity index (χ0v) is 10.5. The van der Waals surface area contributed by atoms with Crippen molar-refractivity contribution in [3.05, 3.63) is 0 Å². The van der Waals surface area contributed by atoms with E-state index in [1.54, 1.807) is 0 Å². The van der Waals surface area contributed by atoms with Crippen molar-refractivity contribution in [2.24, 2.45) is 0 Å². The Labute approximate surface area is 97.6 Å². The molecule has 1 fully saturated rings. The highest BCUT2D eigenvalue weighted by molar-refractivity contribution is 5.79. The van der Waals surface area contributed by atoms with E-state index in [-0.39, 0.29) is 24.0 Å². The second-order valence-electron chi connectivity index (χ2n) is 5.35. The van der Waals surface area contributed by atoms with Gasteiger partial charge in [0.05, 0.1) is 12.7 Å². The Kier molecular flexibility index (Phi) is 4.89. The predicted octanol–water partition coefficient (Wildman–Crippen LogP) is 0.827. The van der Waals surface area contributed by atoms with Gasteiger partial charge in [-0.15, -0.1) is 0 Å². The molecule has 0 radical (unpaired) electrons. The van der Waals surface area contributed by atoms with Gasteiger partial charge in [-0.2, -0.15) is 0 Å². The number of carbonyl (C=O) groups excluding carboxylic acids is 1. The van der Waals surface area contributed by atoms with Gasteiger partial charge in [-0.1, -0.05) is 0 Å². The predicted molar refractivity (Wildman–Crippen MR) is 62.4 cm³/mol. The normalized spacial score (nSPS) is 23.4. The topological polar surface area (TPSA) is 49.8 Å². The van der Waals surface area contributed by atoms with Gasteiger partial charge >= 0.3 is 0 Å². The Morgan fingerprint density at radius 1 is 1.50 bits per heavy atom. The van der Waals surface area contributed by atoms with Crippen molar-refractivity contribution in [2.75, 3.05) is 26.3 Å². The van der Waals surface area contributed by atoms with Gasteiger partial charge < -0.3 is 9.84 Å². The van der Waals surface area contributed by atoms with Crippen LogP contribution in [0.15, 0.2) is 0 Å². The van der Waals surface area contributed by atoms with Crippen LogP contribution in [-0.4, -0.2) is 53.7 Å². The van der Waals surface area contributed by atoms with Crippen molar-refractivity contribution in [3.8, 4) is 0 Å². The fraction of sp³-hybridized carbons (Fsp3) is 0.917.